The van der Waals surface area contributed by atoms with E-state index in [1.165, 1.54) is 0 Å². The lowest BCUT2D eigenvalue weighted by Gasteiger charge is -2.39. The van der Waals surface area contributed by atoms with Crippen molar-refractivity contribution in [1.29, 1.82) is 0 Å². The molecule has 1 fully saturated rings. The van der Waals surface area contributed by atoms with E-state index in [4.69, 9.17) is 0 Å². The van der Waals surface area contributed by atoms with Gasteiger partial charge in [-0.25, -0.2) is 4.39 Å². The number of rotatable bonds is 1. The molecule has 1 heterocycles. The van der Waals surface area contributed by atoms with Crippen molar-refractivity contribution >= 4 is 28.3 Å². The van der Waals surface area contributed by atoms with Crippen molar-refractivity contribution < 1.29 is 4.39 Å². The molecule has 1 aliphatic rings. The lowest BCUT2D eigenvalue weighted by atomic mass is 9.82. The van der Waals surface area contributed by atoms with Crippen molar-refractivity contribution in [3.63, 3.8) is 0 Å². The first kappa shape index (κ1) is 13.9. The number of benzene rings is 1. The molecule has 0 spiro atoms. The SMILES string of the molecule is CC1(c2ccccc2Br)NCCCC1F.Cl. The zero-order chi connectivity index (χ0) is 10.9. The van der Waals surface area contributed by atoms with Gasteiger partial charge in [0.15, 0.2) is 0 Å². The van der Waals surface area contributed by atoms with Crippen LogP contribution in [0.3, 0.4) is 0 Å². The third-order valence-corrected chi connectivity index (χ3v) is 3.88. The largest absolute Gasteiger partial charge is 0.305 e. The molecule has 2 unspecified atom stereocenters. The summed E-state index contributed by atoms with van der Waals surface area (Å²) in [5, 5.41) is 3.30. The number of alkyl halides is 1. The highest BCUT2D eigenvalue weighted by Gasteiger charge is 2.39. The monoisotopic (exact) mass is 307 g/mol. The van der Waals surface area contributed by atoms with Crippen molar-refractivity contribution in [2.75, 3.05) is 6.54 Å². The maximum atomic E-state index is 14.0. The molecule has 1 aromatic carbocycles. The minimum absolute atomic E-state index is 0. The van der Waals surface area contributed by atoms with Crippen molar-refractivity contribution in [2.45, 2.75) is 31.5 Å². The normalized spacial score (nSPS) is 29.6. The van der Waals surface area contributed by atoms with E-state index in [9.17, 15) is 4.39 Å². The quantitative estimate of drug-likeness (QED) is 0.832. The van der Waals surface area contributed by atoms with Crippen LogP contribution in [0.1, 0.15) is 25.3 Å². The Hall–Kier alpha value is -0.120. The molecule has 1 saturated heterocycles. The zero-order valence-electron chi connectivity index (χ0n) is 9.17. The van der Waals surface area contributed by atoms with Crippen LogP contribution in [0.15, 0.2) is 28.7 Å². The fourth-order valence-corrected chi connectivity index (χ4v) is 2.87. The Morgan fingerprint density at radius 1 is 1.44 bits per heavy atom. The van der Waals surface area contributed by atoms with E-state index in [2.05, 4.69) is 21.2 Å². The van der Waals surface area contributed by atoms with E-state index in [0.717, 1.165) is 23.0 Å². The summed E-state index contributed by atoms with van der Waals surface area (Å²) in [6.07, 6.45) is 0.747. The minimum Gasteiger partial charge on any atom is -0.305 e. The number of halogens is 3. The summed E-state index contributed by atoms with van der Waals surface area (Å²) in [6.45, 7) is 2.83. The van der Waals surface area contributed by atoms with Crippen LogP contribution < -0.4 is 5.32 Å². The van der Waals surface area contributed by atoms with E-state index in [1.54, 1.807) is 0 Å². The molecule has 2 atom stereocenters. The molecule has 0 aliphatic carbocycles. The maximum Gasteiger partial charge on any atom is 0.122 e. The first-order valence-corrected chi connectivity index (χ1v) is 6.08. The molecule has 4 heteroatoms. The van der Waals surface area contributed by atoms with Crippen LogP contribution in [-0.4, -0.2) is 12.7 Å². The van der Waals surface area contributed by atoms with Crippen molar-refractivity contribution in [2.24, 2.45) is 0 Å². The molecule has 1 N–H and O–H groups in total. The summed E-state index contributed by atoms with van der Waals surface area (Å²) in [7, 11) is 0. The molecular formula is C12H16BrClFN. The van der Waals surface area contributed by atoms with Gasteiger partial charge in [0.25, 0.3) is 0 Å². The van der Waals surface area contributed by atoms with Crippen LogP contribution in [0, 0.1) is 0 Å². The van der Waals surface area contributed by atoms with Crippen molar-refractivity contribution in [3.8, 4) is 0 Å². The first-order valence-electron chi connectivity index (χ1n) is 5.29. The van der Waals surface area contributed by atoms with Crippen LogP contribution in [0.5, 0.6) is 0 Å². The first-order chi connectivity index (χ1) is 7.14. The lowest BCUT2D eigenvalue weighted by Crippen LogP contribution is -2.51. The third-order valence-electron chi connectivity index (χ3n) is 3.19. The number of nitrogens with one attached hydrogen (secondary N) is 1. The molecule has 0 aromatic heterocycles. The summed E-state index contributed by atoms with van der Waals surface area (Å²) in [5.74, 6) is 0. The van der Waals surface area contributed by atoms with Crippen molar-refractivity contribution in [3.05, 3.63) is 34.3 Å². The third kappa shape index (κ3) is 2.41. The standard InChI is InChI=1S/C12H15BrFN.ClH/c1-12(11(14)7-4-8-15-12)9-5-2-3-6-10(9)13;/h2-3,5-6,11,15H,4,7-8H2,1H3;1H. The summed E-state index contributed by atoms with van der Waals surface area (Å²) in [5.41, 5.74) is 0.468. The topological polar surface area (TPSA) is 12.0 Å². The molecule has 0 saturated carbocycles. The second-order valence-corrected chi connectivity index (χ2v) is 5.07. The molecule has 16 heavy (non-hydrogen) atoms. The Bertz CT molecular complexity index is 361. The smallest absolute Gasteiger partial charge is 0.122 e. The lowest BCUT2D eigenvalue weighted by molar-refractivity contribution is 0.120. The Balaban J connectivity index is 0.00000128. The second kappa shape index (κ2) is 5.48. The Kier molecular flexibility index (Phi) is 4.77. The van der Waals surface area contributed by atoms with Crippen molar-refractivity contribution in [1.82, 2.24) is 5.32 Å². The fraction of sp³-hybridized carbons (Fsp3) is 0.500. The molecule has 1 nitrogen and oxygen atoms in total. The van der Waals surface area contributed by atoms with Crippen LogP contribution in [0.2, 0.25) is 0 Å². The highest BCUT2D eigenvalue weighted by atomic mass is 79.9. The van der Waals surface area contributed by atoms with Crippen LogP contribution in [-0.2, 0) is 5.54 Å². The molecule has 1 aliphatic heterocycles. The van der Waals surface area contributed by atoms with Gasteiger partial charge in [0.1, 0.15) is 6.17 Å². The van der Waals surface area contributed by atoms with Gasteiger partial charge in [0.05, 0.1) is 5.54 Å². The van der Waals surface area contributed by atoms with Crippen LogP contribution in [0.25, 0.3) is 0 Å². The van der Waals surface area contributed by atoms with Gasteiger partial charge in [-0.1, -0.05) is 34.1 Å². The number of hydrogen-bond acceptors (Lipinski definition) is 1. The van der Waals surface area contributed by atoms with Crippen LogP contribution in [0.4, 0.5) is 4.39 Å². The minimum atomic E-state index is -0.815. The predicted molar refractivity (Wildman–Crippen MR) is 70.9 cm³/mol. The Labute approximate surface area is 110 Å². The van der Waals surface area contributed by atoms with Gasteiger partial charge in [0.2, 0.25) is 0 Å². The summed E-state index contributed by atoms with van der Waals surface area (Å²) in [4.78, 5) is 0. The number of hydrogen-bond donors (Lipinski definition) is 1. The average molecular weight is 309 g/mol. The predicted octanol–water partition coefficient (Wildman–Crippen LogP) is 3.81. The molecule has 90 valence electrons. The molecule has 0 bridgehead atoms. The van der Waals surface area contributed by atoms with Gasteiger partial charge in [-0.15, -0.1) is 12.4 Å². The van der Waals surface area contributed by atoms with Gasteiger partial charge in [-0.2, -0.15) is 0 Å². The van der Waals surface area contributed by atoms with E-state index in [1.807, 2.05) is 31.2 Å². The van der Waals surface area contributed by atoms with Gasteiger partial charge < -0.3 is 5.32 Å². The maximum absolute atomic E-state index is 14.0. The molecule has 2 rings (SSSR count). The van der Waals surface area contributed by atoms with Gasteiger partial charge >= 0.3 is 0 Å². The van der Waals surface area contributed by atoms with E-state index in [0.29, 0.717) is 6.42 Å². The van der Waals surface area contributed by atoms with Gasteiger partial charge in [0, 0.05) is 4.47 Å². The Morgan fingerprint density at radius 3 is 2.75 bits per heavy atom. The highest BCUT2D eigenvalue weighted by molar-refractivity contribution is 9.10. The van der Waals surface area contributed by atoms with E-state index >= 15 is 0 Å². The molecule has 0 amide bonds. The summed E-state index contributed by atoms with van der Waals surface area (Å²) < 4.78 is 15.0. The second-order valence-electron chi connectivity index (χ2n) is 4.22. The fourth-order valence-electron chi connectivity index (χ4n) is 2.18. The van der Waals surface area contributed by atoms with E-state index < -0.39 is 11.7 Å². The highest BCUT2D eigenvalue weighted by Crippen LogP contribution is 2.36. The summed E-state index contributed by atoms with van der Waals surface area (Å²) >= 11 is 3.49. The average Bonchev–Trinajstić information content (AvgIpc) is 2.23. The van der Waals surface area contributed by atoms with E-state index in [-0.39, 0.29) is 12.4 Å². The Morgan fingerprint density at radius 2 is 2.12 bits per heavy atom. The number of piperidine rings is 1. The molecule has 0 radical (unpaired) electrons. The van der Waals surface area contributed by atoms with Gasteiger partial charge in [-0.3, -0.25) is 0 Å². The summed E-state index contributed by atoms with van der Waals surface area (Å²) in [6, 6.07) is 7.85. The molecule has 1 aromatic rings. The molecular weight excluding hydrogens is 292 g/mol. The zero-order valence-corrected chi connectivity index (χ0v) is 11.6. The van der Waals surface area contributed by atoms with Gasteiger partial charge in [-0.05, 0) is 37.9 Å². The van der Waals surface area contributed by atoms with Crippen LogP contribution >= 0.6 is 28.3 Å².